The number of hydrogen-bond acceptors (Lipinski definition) is 4. The average molecular weight is 363 g/mol. The van der Waals surface area contributed by atoms with Gasteiger partial charge in [-0.05, 0) is 33.2 Å². The van der Waals surface area contributed by atoms with Gasteiger partial charge in [0.25, 0.3) is 0 Å². The first-order valence-electron chi connectivity index (χ1n) is 8.57. The molecule has 142 valence electrons. The molecule has 1 aromatic carbocycles. The topological polar surface area (TPSA) is 50.5 Å². The second-order valence-corrected chi connectivity index (χ2v) is 6.42. The summed E-state index contributed by atoms with van der Waals surface area (Å²) in [6.07, 6.45) is 1.55. The van der Waals surface area contributed by atoms with Gasteiger partial charge in [0.15, 0.2) is 23.3 Å². The van der Waals surface area contributed by atoms with E-state index >= 15 is 0 Å². The highest BCUT2D eigenvalue weighted by molar-refractivity contribution is 5.60. The molecular weight excluding hydrogens is 338 g/mol. The molecule has 1 heterocycles. The number of rotatable bonds is 7. The molecule has 2 rings (SSSR count). The lowest BCUT2D eigenvalue weighted by Gasteiger charge is -2.37. The molecule has 0 amide bonds. The first-order valence-corrected chi connectivity index (χ1v) is 8.57. The molecule has 1 aliphatic heterocycles. The number of ether oxygens (including phenoxy) is 1. The fourth-order valence-corrected chi connectivity index (χ4v) is 3.07. The van der Waals surface area contributed by atoms with Crippen molar-refractivity contribution in [1.29, 1.82) is 0 Å². The van der Waals surface area contributed by atoms with Gasteiger partial charge in [0, 0.05) is 19.6 Å². The zero-order chi connectivity index (χ0) is 18.6. The number of anilines is 2. The summed E-state index contributed by atoms with van der Waals surface area (Å²) in [6.45, 7) is 4.52. The summed E-state index contributed by atoms with van der Waals surface area (Å²) in [5, 5.41) is 2.46. The highest BCUT2D eigenvalue weighted by Gasteiger charge is 2.32. The predicted molar refractivity (Wildman–Crippen MR) is 89.9 cm³/mol. The van der Waals surface area contributed by atoms with Crippen LogP contribution >= 0.6 is 0 Å². The van der Waals surface area contributed by atoms with Crippen molar-refractivity contribution in [1.82, 2.24) is 0 Å². The zero-order valence-electron chi connectivity index (χ0n) is 14.5. The summed E-state index contributed by atoms with van der Waals surface area (Å²) in [5.41, 5.74) is 3.93. The molecule has 4 nitrogen and oxygen atoms in total. The van der Waals surface area contributed by atoms with Crippen LogP contribution < -0.4 is 16.0 Å². The molecule has 1 aromatic rings. The van der Waals surface area contributed by atoms with Crippen LogP contribution in [-0.4, -0.2) is 38.4 Å². The summed E-state index contributed by atoms with van der Waals surface area (Å²) < 4.78 is 63.0. The van der Waals surface area contributed by atoms with Crippen LogP contribution in [0.1, 0.15) is 33.1 Å². The lowest BCUT2D eigenvalue weighted by atomic mass is 10.1. The minimum atomic E-state index is -1.40. The van der Waals surface area contributed by atoms with Crippen LogP contribution in [-0.2, 0) is 4.74 Å². The molecule has 0 saturated carbocycles. The van der Waals surface area contributed by atoms with Crippen molar-refractivity contribution >= 4 is 11.4 Å². The lowest BCUT2D eigenvalue weighted by Crippen LogP contribution is -2.46. The van der Waals surface area contributed by atoms with Crippen molar-refractivity contribution in [2.75, 3.05) is 36.4 Å². The Labute approximate surface area is 145 Å². The number of benzene rings is 1. The van der Waals surface area contributed by atoms with Gasteiger partial charge >= 0.3 is 0 Å². The molecule has 0 aliphatic carbocycles. The summed E-state index contributed by atoms with van der Waals surface area (Å²) in [7, 11) is 0. The first kappa shape index (κ1) is 19.8. The SMILES string of the molecule is C[C@@H]1CN(c2c(F)c(F)c(NCCCCCN)c(F)c2F)C[C@H](C)O1. The second kappa shape index (κ2) is 8.71. The molecular formula is C17H25F4N3O. The molecule has 3 N–H and O–H groups in total. The maximum absolute atomic E-state index is 14.5. The van der Waals surface area contributed by atoms with Crippen molar-refractivity contribution in [2.45, 2.75) is 45.3 Å². The van der Waals surface area contributed by atoms with Gasteiger partial charge < -0.3 is 20.7 Å². The number of morpholine rings is 1. The van der Waals surface area contributed by atoms with Crippen molar-refractivity contribution in [3.8, 4) is 0 Å². The number of nitrogens with zero attached hydrogens (tertiary/aromatic N) is 1. The van der Waals surface area contributed by atoms with E-state index in [2.05, 4.69) is 5.32 Å². The van der Waals surface area contributed by atoms with Crippen molar-refractivity contribution in [3.63, 3.8) is 0 Å². The molecule has 0 spiro atoms. The van der Waals surface area contributed by atoms with Gasteiger partial charge in [-0.3, -0.25) is 0 Å². The maximum atomic E-state index is 14.5. The molecule has 8 heteroatoms. The lowest BCUT2D eigenvalue weighted by molar-refractivity contribution is -0.00565. The highest BCUT2D eigenvalue weighted by atomic mass is 19.2. The summed E-state index contributed by atoms with van der Waals surface area (Å²) in [6, 6.07) is 0. The van der Waals surface area contributed by atoms with E-state index in [1.54, 1.807) is 13.8 Å². The van der Waals surface area contributed by atoms with Gasteiger partial charge in [-0.25, -0.2) is 17.6 Å². The predicted octanol–water partition coefficient (Wildman–Crippen LogP) is 3.40. The Balaban J connectivity index is 2.23. The van der Waals surface area contributed by atoms with Crippen LogP contribution in [0.15, 0.2) is 0 Å². The van der Waals surface area contributed by atoms with E-state index in [1.807, 2.05) is 0 Å². The van der Waals surface area contributed by atoms with Gasteiger partial charge in [-0.15, -0.1) is 0 Å². The number of nitrogens with one attached hydrogen (secondary N) is 1. The van der Waals surface area contributed by atoms with Gasteiger partial charge in [0.05, 0.1) is 12.2 Å². The van der Waals surface area contributed by atoms with E-state index in [-0.39, 0.29) is 31.8 Å². The Kier molecular flexibility index (Phi) is 6.89. The highest BCUT2D eigenvalue weighted by Crippen LogP contribution is 2.35. The third-order valence-corrected chi connectivity index (χ3v) is 4.16. The Morgan fingerprint density at radius 3 is 2.04 bits per heavy atom. The molecule has 2 atom stereocenters. The van der Waals surface area contributed by atoms with Crippen LogP contribution in [0.3, 0.4) is 0 Å². The van der Waals surface area contributed by atoms with Crippen molar-refractivity contribution in [3.05, 3.63) is 23.3 Å². The summed E-state index contributed by atoms with van der Waals surface area (Å²) >= 11 is 0. The van der Waals surface area contributed by atoms with Crippen LogP contribution in [0, 0.1) is 23.3 Å². The molecule has 1 aliphatic rings. The third kappa shape index (κ3) is 4.55. The fraction of sp³-hybridized carbons (Fsp3) is 0.647. The van der Waals surface area contributed by atoms with E-state index in [0.717, 1.165) is 12.8 Å². The number of nitrogens with two attached hydrogens (primary N) is 1. The second-order valence-electron chi connectivity index (χ2n) is 6.42. The fourth-order valence-electron chi connectivity index (χ4n) is 3.07. The Morgan fingerprint density at radius 1 is 0.960 bits per heavy atom. The molecule has 0 bridgehead atoms. The van der Waals surface area contributed by atoms with E-state index in [9.17, 15) is 17.6 Å². The molecule has 0 aromatic heterocycles. The van der Waals surface area contributed by atoms with Crippen LogP contribution in [0.25, 0.3) is 0 Å². The molecule has 0 unspecified atom stereocenters. The quantitative estimate of drug-likeness (QED) is 0.443. The third-order valence-electron chi connectivity index (χ3n) is 4.16. The Bertz CT molecular complexity index is 561. The van der Waals surface area contributed by atoms with Crippen LogP contribution in [0.4, 0.5) is 28.9 Å². The molecule has 1 saturated heterocycles. The Morgan fingerprint density at radius 2 is 1.52 bits per heavy atom. The smallest absolute Gasteiger partial charge is 0.187 e. The van der Waals surface area contributed by atoms with Gasteiger partial charge in [-0.1, -0.05) is 6.42 Å². The summed E-state index contributed by atoms with van der Waals surface area (Å²) in [4.78, 5) is 1.29. The minimum Gasteiger partial charge on any atom is -0.380 e. The normalized spacial score (nSPS) is 20.8. The number of halogens is 4. The summed E-state index contributed by atoms with van der Waals surface area (Å²) in [5.74, 6) is -5.58. The van der Waals surface area contributed by atoms with E-state index in [1.165, 1.54) is 4.90 Å². The van der Waals surface area contributed by atoms with Crippen LogP contribution in [0.2, 0.25) is 0 Å². The monoisotopic (exact) mass is 363 g/mol. The average Bonchev–Trinajstić information content (AvgIpc) is 2.55. The van der Waals surface area contributed by atoms with E-state index in [0.29, 0.717) is 13.0 Å². The van der Waals surface area contributed by atoms with Gasteiger partial charge in [-0.2, -0.15) is 0 Å². The number of unbranched alkanes of at least 4 members (excludes halogenated alkanes) is 2. The number of hydrogen-bond donors (Lipinski definition) is 2. The van der Waals surface area contributed by atoms with Crippen molar-refractivity contribution < 1.29 is 22.3 Å². The van der Waals surface area contributed by atoms with Gasteiger partial charge in [0.1, 0.15) is 11.4 Å². The van der Waals surface area contributed by atoms with Gasteiger partial charge in [0.2, 0.25) is 0 Å². The largest absolute Gasteiger partial charge is 0.380 e. The maximum Gasteiger partial charge on any atom is 0.187 e. The molecule has 0 radical (unpaired) electrons. The zero-order valence-corrected chi connectivity index (χ0v) is 14.5. The Hall–Kier alpha value is -1.54. The first-order chi connectivity index (χ1) is 11.9. The standard InChI is InChI=1S/C17H25F4N3O/c1-10-8-24(9-11(2)25-10)17-14(20)12(18)16(13(19)15(17)21)23-7-5-3-4-6-22/h10-11,23H,3-9,22H2,1-2H3/t10-,11+. The molecule has 25 heavy (non-hydrogen) atoms. The van der Waals surface area contributed by atoms with E-state index in [4.69, 9.17) is 10.5 Å². The van der Waals surface area contributed by atoms with Crippen molar-refractivity contribution in [2.24, 2.45) is 5.73 Å². The minimum absolute atomic E-state index is 0.156. The molecule has 1 fully saturated rings. The van der Waals surface area contributed by atoms with E-state index < -0.39 is 34.6 Å². The van der Waals surface area contributed by atoms with Crippen LogP contribution in [0.5, 0.6) is 0 Å².